The molecular formula is C13H22ClNO2. The second-order valence-corrected chi connectivity index (χ2v) is 4.95. The Kier molecular flexibility index (Phi) is 5.79. The fourth-order valence-electron chi connectivity index (χ4n) is 1.55. The van der Waals surface area contributed by atoms with Gasteiger partial charge >= 0.3 is 0 Å². The molecule has 0 aliphatic rings. The molecular weight excluding hydrogens is 238 g/mol. The van der Waals surface area contributed by atoms with E-state index in [1.165, 1.54) is 0 Å². The number of hydrogen-bond acceptors (Lipinski definition) is 3. The Morgan fingerprint density at radius 3 is 2.12 bits per heavy atom. The fraction of sp³-hybridized carbons (Fsp3) is 0.538. The lowest BCUT2D eigenvalue weighted by molar-refractivity contribution is 0.312. The lowest BCUT2D eigenvalue weighted by atomic mass is 9.82. The van der Waals surface area contributed by atoms with Gasteiger partial charge in [0.2, 0.25) is 0 Å². The van der Waals surface area contributed by atoms with Gasteiger partial charge in [-0.15, -0.1) is 12.4 Å². The van der Waals surface area contributed by atoms with Gasteiger partial charge in [-0.1, -0.05) is 20.8 Å². The Hall–Kier alpha value is -0.930. The highest BCUT2D eigenvalue weighted by atomic mass is 35.5. The van der Waals surface area contributed by atoms with Crippen LogP contribution < -0.4 is 15.2 Å². The molecule has 0 amide bonds. The first kappa shape index (κ1) is 16.1. The average Bonchev–Trinajstić information content (AvgIpc) is 2.25. The lowest BCUT2D eigenvalue weighted by Gasteiger charge is -2.28. The number of ether oxygens (including phenoxy) is 2. The van der Waals surface area contributed by atoms with Crippen molar-refractivity contribution in [1.82, 2.24) is 0 Å². The molecule has 0 heterocycles. The SMILES string of the molecule is COc1ccc(OC)c([C@H](N)C(C)(C)C)c1.Cl. The van der Waals surface area contributed by atoms with Crippen LogP contribution in [0.5, 0.6) is 11.5 Å². The van der Waals surface area contributed by atoms with Gasteiger partial charge in [-0.2, -0.15) is 0 Å². The number of hydrogen-bond donors (Lipinski definition) is 1. The molecule has 1 atom stereocenters. The van der Waals surface area contributed by atoms with Gasteiger partial charge < -0.3 is 15.2 Å². The summed E-state index contributed by atoms with van der Waals surface area (Å²) in [5, 5.41) is 0. The number of rotatable bonds is 3. The first-order chi connectivity index (χ1) is 7.40. The van der Waals surface area contributed by atoms with Crippen molar-refractivity contribution >= 4 is 12.4 Å². The highest BCUT2D eigenvalue weighted by Gasteiger charge is 2.25. The summed E-state index contributed by atoms with van der Waals surface area (Å²) in [6.07, 6.45) is 0. The summed E-state index contributed by atoms with van der Waals surface area (Å²) in [5.74, 6) is 1.61. The van der Waals surface area contributed by atoms with Crippen molar-refractivity contribution in [2.24, 2.45) is 11.1 Å². The van der Waals surface area contributed by atoms with Crippen molar-refractivity contribution in [1.29, 1.82) is 0 Å². The van der Waals surface area contributed by atoms with E-state index < -0.39 is 0 Å². The van der Waals surface area contributed by atoms with E-state index in [2.05, 4.69) is 20.8 Å². The number of halogens is 1. The molecule has 0 fully saturated rings. The summed E-state index contributed by atoms with van der Waals surface area (Å²) in [6, 6.07) is 5.62. The van der Waals surface area contributed by atoms with Crippen molar-refractivity contribution in [2.45, 2.75) is 26.8 Å². The molecule has 0 unspecified atom stereocenters. The number of benzene rings is 1. The second-order valence-electron chi connectivity index (χ2n) is 4.95. The minimum absolute atomic E-state index is 0. The van der Waals surface area contributed by atoms with Gasteiger partial charge in [0.05, 0.1) is 14.2 Å². The van der Waals surface area contributed by atoms with Gasteiger partial charge in [-0.05, 0) is 23.6 Å². The van der Waals surface area contributed by atoms with Crippen LogP contribution in [0.25, 0.3) is 0 Å². The zero-order valence-electron chi connectivity index (χ0n) is 11.1. The Labute approximate surface area is 110 Å². The third kappa shape index (κ3) is 3.79. The van der Waals surface area contributed by atoms with Crippen LogP contribution in [-0.2, 0) is 0 Å². The van der Waals surface area contributed by atoms with E-state index in [1.54, 1.807) is 14.2 Å². The van der Waals surface area contributed by atoms with Crippen molar-refractivity contribution < 1.29 is 9.47 Å². The maximum Gasteiger partial charge on any atom is 0.123 e. The highest BCUT2D eigenvalue weighted by molar-refractivity contribution is 5.85. The minimum atomic E-state index is -0.0856. The largest absolute Gasteiger partial charge is 0.497 e. The Morgan fingerprint density at radius 1 is 1.12 bits per heavy atom. The molecule has 4 heteroatoms. The third-order valence-electron chi connectivity index (χ3n) is 2.70. The Morgan fingerprint density at radius 2 is 1.71 bits per heavy atom. The van der Waals surface area contributed by atoms with E-state index in [1.807, 2.05) is 18.2 Å². The molecule has 1 aromatic carbocycles. The molecule has 0 radical (unpaired) electrons. The first-order valence-electron chi connectivity index (χ1n) is 5.37. The summed E-state index contributed by atoms with van der Waals surface area (Å²) >= 11 is 0. The lowest BCUT2D eigenvalue weighted by Crippen LogP contribution is -2.26. The second kappa shape index (κ2) is 6.12. The van der Waals surface area contributed by atoms with Crippen LogP contribution >= 0.6 is 12.4 Å². The third-order valence-corrected chi connectivity index (χ3v) is 2.70. The van der Waals surface area contributed by atoms with Gasteiger partial charge in [-0.3, -0.25) is 0 Å². The summed E-state index contributed by atoms with van der Waals surface area (Å²) in [6.45, 7) is 6.32. The van der Waals surface area contributed by atoms with E-state index in [9.17, 15) is 0 Å². The molecule has 1 rings (SSSR count). The topological polar surface area (TPSA) is 44.5 Å². The van der Waals surface area contributed by atoms with E-state index in [-0.39, 0.29) is 23.9 Å². The molecule has 0 aliphatic heterocycles. The molecule has 0 saturated carbocycles. The molecule has 0 saturated heterocycles. The molecule has 17 heavy (non-hydrogen) atoms. The van der Waals surface area contributed by atoms with Gasteiger partial charge in [0, 0.05) is 11.6 Å². The molecule has 0 aliphatic carbocycles. The molecule has 2 N–H and O–H groups in total. The van der Waals surface area contributed by atoms with Crippen LogP contribution in [0.1, 0.15) is 32.4 Å². The molecule has 3 nitrogen and oxygen atoms in total. The molecule has 0 spiro atoms. The first-order valence-corrected chi connectivity index (χ1v) is 5.37. The Balaban J connectivity index is 0.00000256. The van der Waals surface area contributed by atoms with Crippen molar-refractivity contribution in [2.75, 3.05) is 14.2 Å². The zero-order valence-corrected chi connectivity index (χ0v) is 11.9. The van der Waals surface area contributed by atoms with Crippen molar-refractivity contribution in [3.05, 3.63) is 23.8 Å². The van der Waals surface area contributed by atoms with Crippen LogP contribution in [0.3, 0.4) is 0 Å². The molecule has 98 valence electrons. The summed E-state index contributed by atoms with van der Waals surface area (Å²) in [4.78, 5) is 0. The summed E-state index contributed by atoms with van der Waals surface area (Å²) in [7, 11) is 3.30. The van der Waals surface area contributed by atoms with Crippen LogP contribution in [0.4, 0.5) is 0 Å². The monoisotopic (exact) mass is 259 g/mol. The van der Waals surface area contributed by atoms with E-state index in [0.29, 0.717) is 0 Å². The van der Waals surface area contributed by atoms with Gasteiger partial charge in [0.15, 0.2) is 0 Å². The molecule has 1 aromatic rings. The highest BCUT2D eigenvalue weighted by Crippen LogP contribution is 2.37. The summed E-state index contributed by atoms with van der Waals surface area (Å²) < 4.78 is 10.5. The maximum absolute atomic E-state index is 6.24. The van der Waals surface area contributed by atoms with E-state index in [4.69, 9.17) is 15.2 Å². The van der Waals surface area contributed by atoms with Crippen LogP contribution in [0.15, 0.2) is 18.2 Å². The average molecular weight is 260 g/mol. The number of nitrogens with two attached hydrogens (primary N) is 1. The van der Waals surface area contributed by atoms with Gasteiger partial charge in [0.1, 0.15) is 11.5 Å². The van der Waals surface area contributed by atoms with Crippen molar-refractivity contribution in [3.63, 3.8) is 0 Å². The standard InChI is InChI=1S/C13H21NO2.ClH/c1-13(2,3)12(14)10-8-9(15-4)6-7-11(10)16-5;/h6-8,12H,14H2,1-5H3;1H/t12-;/m0./s1. The van der Waals surface area contributed by atoms with Gasteiger partial charge in [-0.25, -0.2) is 0 Å². The maximum atomic E-state index is 6.24. The fourth-order valence-corrected chi connectivity index (χ4v) is 1.55. The van der Waals surface area contributed by atoms with Crippen LogP contribution in [0.2, 0.25) is 0 Å². The normalized spacial score (nSPS) is 12.6. The van der Waals surface area contributed by atoms with E-state index >= 15 is 0 Å². The minimum Gasteiger partial charge on any atom is -0.497 e. The predicted molar refractivity (Wildman–Crippen MR) is 73.2 cm³/mol. The summed E-state index contributed by atoms with van der Waals surface area (Å²) in [5.41, 5.74) is 7.20. The van der Waals surface area contributed by atoms with Crippen molar-refractivity contribution in [3.8, 4) is 11.5 Å². The Bertz CT molecular complexity index is 361. The van der Waals surface area contributed by atoms with E-state index in [0.717, 1.165) is 17.1 Å². The predicted octanol–water partition coefficient (Wildman–Crippen LogP) is 3.17. The molecule has 0 bridgehead atoms. The zero-order chi connectivity index (χ0) is 12.3. The molecule has 0 aromatic heterocycles. The van der Waals surface area contributed by atoms with Crippen LogP contribution in [0, 0.1) is 5.41 Å². The van der Waals surface area contributed by atoms with Gasteiger partial charge in [0.25, 0.3) is 0 Å². The quantitative estimate of drug-likeness (QED) is 0.907. The number of methoxy groups -OCH3 is 2. The smallest absolute Gasteiger partial charge is 0.123 e. The van der Waals surface area contributed by atoms with Crippen LogP contribution in [-0.4, -0.2) is 14.2 Å².